The summed E-state index contributed by atoms with van der Waals surface area (Å²) in [6.45, 7) is 0.823. The molecule has 3 aromatic heterocycles. The standard InChI is InChI=1S/C27H23ClN6O2/c1-33-25(22-13-20(28)9-10-23(22)32-33)16-30-27(36)24-15-29-14-21(31-24)12-18-5-7-19(8-6-18)17-34-11-3-2-4-26(34)35/h2-11,13-15H,12,16-17H2,1H3,(H,30,36)/p+1. The van der Waals surface area contributed by atoms with Gasteiger partial charge in [0.25, 0.3) is 11.5 Å². The fraction of sp³-hybridized carbons (Fsp3) is 0.148. The van der Waals surface area contributed by atoms with Crippen molar-refractivity contribution in [2.75, 3.05) is 0 Å². The number of hydrogen-bond acceptors (Lipinski definition) is 4. The van der Waals surface area contributed by atoms with Gasteiger partial charge >= 0.3 is 0 Å². The molecular formula is C27H24ClN6O2+. The number of carbonyl (C=O) groups excluding carboxylic acids is 1. The van der Waals surface area contributed by atoms with E-state index in [2.05, 4.69) is 20.4 Å². The SMILES string of the molecule is C[n+]1[nH]c2ccc(Cl)cc2c1CNC(=O)c1cncc(Cc2ccc(Cn3ccccc3=O)cc2)n1. The summed E-state index contributed by atoms with van der Waals surface area (Å²) < 4.78 is 3.52. The summed E-state index contributed by atoms with van der Waals surface area (Å²) in [7, 11) is 1.89. The first-order valence-electron chi connectivity index (χ1n) is 11.4. The number of amides is 1. The number of rotatable bonds is 7. The van der Waals surface area contributed by atoms with Crippen LogP contribution in [0, 0.1) is 0 Å². The van der Waals surface area contributed by atoms with Gasteiger partial charge in [-0.2, -0.15) is 5.10 Å². The summed E-state index contributed by atoms with van der Waals surface area (Å²) in [5, 5.41) is 7.75. The second-order valence-corrected chi connectivity index (χ2v) is 8.98. The van der Waals surface area contributed by atoms with Crippen molar-refractivity contribution in [3.8, 4) is 0 Å². The summed E-state index contributed by atoms with van der Waals surface area (Å²) in [5.74, 6) is -0.302. The Hall–Kier alpha value is -4.30. The average molecular weight is 500 g/mol. The first kappa shape index (κ1) is 23.4. The van der Waals surface area contributed by atoms with E-state index in [9.17, 15) is 9.59 Å². The molecule has 3 heterocycles. The molecule has 5 aromatic rings. The van der Waals surface area contributed by atoms with E-state index in [4.69, 9.17) is 11.6 Å². The molecule has 8 nitrogen and oxygen atoms in total. The Morgan fingerprint density at radius 2 is 1.89 bits per heavy atom. The van der Waals surface area contributed by atoms with Gasteiger partial charge in [0, 0.05) is 29.9 Å². The minimum atomic E-state index is -0.302. The molecule has 2 aromatic carbocycles. The molecule has 1 amide bonds. The molecule has 5 rings (SSSR count). The van der Waals surface area contributed by atoms with Crippen molar-refractivity contribution in [3.05, 3.63) is 123 Å². The Morgan fingerprint density at radius 1 is 1.08 bits per heavy atom. The highest BCUT2D eigenvalue weighted by atomic mass is 35.5. The highest BCUT2D eigenvalue weighted by Gasteiger charge is 2.18. The number of nitrogens with one attached hydrogen (secondary N) is 2. The molecule has 0 aliphatic rings. The van der Waals surface area contributed by atoms with Crippen molar-refractivity contribution in [3.63, 3.8) is 0 Å². The zero-order valence-corrected chi connectivity index (χ0v) is 20.4. The number of benzene rings is 2. The van der Waals surface area contributed by atoms with Crippen molar-refractivity contribution in [2.24, 2.45) is 7.05 Å². The predicted molar refractivity (Wildman–Crippen MR) is 137 cm³/mol. The first-order valence-corrected chi connectivity index (χ1v) is 11.8. The molecule has 0 unspecified atom stereocenters. The summed E-state index contributed by atoms with van der Waals surface area (Å²) in [6, 6.07) is 18.7. The van der Waals surface area contributed by atoms with Crippen LogP contribution in [0.5, 0.6) is 0 Å². The highest BCUT2D eigenvalue weighted by molar-refractivity contribution is 6.31. The van der Waals surface area contributed by atoms with Crippen molar-refractivity contribution < 1.29 is 9.48 Å². The van der Waals surface area contributed by atoms with E-state index < -0.39 is 0 Å². The molecule has 0 fully saturated rings. The van der Waals surface area contributed by atoms with Gasteiger partial charge in [-0.05, 0) is 35.4 Å². The van der Waals surface area contributed by atoms with E-state index in [1.807, 2.05) is 60.3 Å². The van der Waals surface area contributed by atoms with Crippen LogP contribution in [0.2, 0.25) is 5.02 Å². The summed E-state index contributed by atoms with van der Waals surface area (Å²) >= 11 is 6.15. The average Bonchev–Trinajstić information content (AvgIpc) is 3.19. The summed E-state index contributed by atoms with van der Waals surface area (Å²) in [6.07, 6.45) is 5.44. The highest BCUT2D eigenvalue weighted by Crippen LogP contribution is 2.19. The Kier molecular flexibility index (Phi) is 6.60. The fourth-order valence-electron chi connectivity index (χ4n) is 4.11. The van der Waals surface area contributed by atoms with E-state index in [-0.39, 0.29) is 17.2 Å². The molecule has 2 N–H and O–H groups in total. The van der Waals surface area contributed by atoms with Gasteiger partial charge < -0.3 is 9.88 Å². The Balaban J connectivity index is 1.24. The lowest BCUT2D eigenvalue weighted by Crippen LogP contribution is -2.38. The van der Waals surface area contributed by atoms with Crippen LogP contribution in [-0.4, -0.2) is 25.5 Å². The molecule has 0 aliphatic carbocycles. The van der Waals surface area contributed by atoms with Crippen molar-refractivity contribution >= 4 is 28.4 Å². The van der Waals surface area contributed by atoms with Gasteiger partial charge in [0.1, 0.15) is 17.8 Å². The molecule has 9 heteroatoms. The normalized spacial score (nSPS) is 11.1. The Labute approximate surface area is 212 Å². The molecule has 0 saturated carbocycles. The maximum Gasteiger partial charge on any atom is 0.271 e. The first-order chi connectivity index (χ1) is 17.5. The number of aryl methyl sites for hydroxylation is 1. The maximum atomic E-state index is 12.8. The number of pyridine rings is 1. The molecule has 0 aliphatic heterocycles. The quantitative estimate of drug-likeness (QED) is 0.336. The van der Waals surface area contributed by atoms with Gasteiger partial charge in [-0.1, -0.05) is 41.9 Å². The topological polar surface area (TPSA) is 96.5 Å². The van der Waals surface area contributed by atoms with Gasteiger partial charge in [-0.15, -0.1) is 4.68 Å². The maximum absolute atomic E-state index is 12.8. The van der Waals surface area contributed by atoms with Crippen LogP contribution < -0.4 is 15.6 Å². The number of carbonyl (C=O) groups is 1. The van der Waals surface area contributed by atoms with Gasteiger partial charge in [0.05, 0.1) is 23.8 Å². The molecule has 0 bridgehead atoms. The van der Waals surface area contributed by atoms with E-state index in [1.54, 1.807) is 29.1 Å². The third-order valence-corrected chi connectivity index (χ3v) is 6.21. The summed E-state index contributed by atoms with van der Waals surface area (Å²) in [4.78, 5) is 33.5. The minimum absolute atomic E-state index is 0.0332. The van der Waals surface area contributed by atoms with Gasteiger partial charge in [-0.25, -0.2) is 4.98 Å². The van der Waals surface area contributed by atoms with Crippen LogP contribution >= 0.6 is 11.6 Å². The zero-order valence-electron chi connectivity index (χ0n) is 19.6. The van der Waals surface area contributed by atoms with E-state index in [0.717, 1.165) is 27.7 Å². The van der Waals surface area contributed by atoms with E-state index in [0.29, 0.717) is 30.2 Å². The lowest BCUT2D eigenvalue weighted by molar-refractivity contribution is -0.731. The largest absolute Gasteiger partial charge is 0.340 e. The smallest absolute Gasteiger partial charge is 0.271 e. The molecule has 180 valence electrons. The van der Waals surface area contributed by atoms with Gasteiger partial charge in [0.2, 0.25) is 5.69 Å². The lowest BCUT2D eigenvalue weighted by Gasteiger charge is -2.07. The lowest BCUT2D eigenvalue weighted by atomic mass is 10.1. The molecule has 36 heavy (non-hydrogen) atoms. The van der Waals surface area contributed by atoms with Crippen molar-refractivity contribution in [2.45, 2.75) is 19.5 Å². The fourth-order valence-corrected chi connectivity index (χ4v) is 4.28. The van der Waals surface area contributed by atoms with Crippen LogP contribution in [0.15, 0.2) is 84.0 Å². The number of halogens is 1. The molecule has 0 spiro atoms. The Bertz CT molecular complexity index is 1610. The zero-order chi connectivity index (χ0) is 25.1. The third kappa shape index (κ3) is 5.18. The number of aromatic nitrogens is 5. The second-order valence-electron chi connectivity index (χ2n) is 8.55. The molecular weight excluding hydrogens is 476 g/mol. The summed E-state index contributed by atoms with van der Waals surface area (Å²) in [5.41, 5.74) is 4.82. The number of H-pyrrole nitrogens is 1. The number of hydrogen-bond donors (Lipinski definition) is 2. The monoisotopic (exact) mass is 499 g/mol. The van der Waals surface area contributed by atoms with Gasteiger partial charge in [0.15, 0.2) is 7.05 Å². The third-order valence-electron chi connectivity index (χ3n) is 5.98. The Morgan fingerprint density at radius 3 is 2.69 bits per heavy atom. The number of nitrogens with zero attached hydrogens (tertiary/aromatic N) is 4. The molecule has 0 atom stereocenters. The van der Waals surface area contributed by atoms with Crippen molar-refractivity contribution in [1.82, 2.24) is 25.0 Å². The van der Waals surface area contributed by atoms with Crippen LogP contribution in [-0.2, 0) is 26.6 Å². The second kappa shape index (κ2) is 10.1. The van der Waals surface area contributed by atoms with Crippen LogP contribution in [0.3, 0.4) is 0 Å². The van der Waals surface area contributed by atoms with Crippen molar-refractivity contribution in [1.29, 1.82) is 0 Å². The van der Waals surface area contributed by atoms with E-state index >= 15 is 0 Å². The molecule has 0 saturated heterocycles. The number of fused-ring (bicyclic) bond motifs is 1. The van der Waals surface area contributed by atoms with Gasteiger partial charge in [-0.3, -0.25) is 14.6 Å². The minimum Gasteiger partial charge on any atom is -0.340 e. The van der Waals surface area contributed by atoms with Crippen LogP contribution in [0.4, 0.5) is 0 Å². The molecule has 0 radical (unpaired) electrons. The van der Waals surface area contributed by atoms with E-state index in [1.165, 1.54) is 6.20 Å². The van der Waals surface area contributed by atoms with Crippen LogP contribution in [0.1, 0.15) is 33.0 Å². The number of aromatic amines is 1. The predicted octanol–water partition coefficient (Wildman–Crippen LogP) is 3.17. The van der Waals surface area contributed by atoms with Crippen LogP contribution in [0.25, 0.3) is 10.9 Å².